The number of nitrogens with zero attached hydrogens (tertiary/aromatic N) is 2. The van der Waals surface area contributed by atoms with Crippen molar-refractivity contribution in [1.29, 1.82) is 0 Å². The highest BCUT2D eigenvalue weighted by molar-refractivity contribution is 7.89. The van der Waals surface area contributed by atoms with E-state index < -0.39 is 33.3 Å². The minimum Gasteiger partial charge on any atom is -0.447 e. The molecule has 5 aliphatic rings. The van der Waals surface area contributed by atoms with E-state index in [1.165, 1.54) is 12.1 Å². The molecule has 274 valence electrons. The number of ether oxygens (including phenoxy) is 2. The predicted octanol–water partition coefficient (Wildman–Crippen LogP) is 4.43. The number of carbonyl (C=O) groups excluding carboxylic acids is 2. The number of hydrogen-bond donors (Lipinski definition) is 3. The first-order chi connectivity index (χ1) is 24.3. The normalized spacial score (nSPS) is 24.9. The Hall–Kier alpha value is -3.85. The fourth-order valence-electron chi connectivity index (χ4n) is 9.32. The second-order valence-electron chi connectivity index (χ2n) is 15.0. The SMILES string of the molecule is CN(C)c1cccc2c(S(=O)(=O)NCCOCCOC(=O)NC34CC5CC(CC(NCC(=O)N6Cc7cc(F)c(F)cc7C6)(C5)C3)C4)cccc12. The van der Waals surface area contributed by atoms with E-state index in [-0.39, 0.29) is 62.3 Å². The monoisotopic (exact) mass is 725 g/mol. The lowest BCUT2D eigenvalue weighted by Gasteiger charge is -2.62. The smallest absolute Gasteiger partial charge is 0.407 e. The summed E-state index contributed by atoms with van der Waals surface area (Å²) in [5, 5.41) is 8.20. The van der Waals surface area contributed by atoms with Crippen LogP contribution in [0.25, 0.3) is 10.8 Å². The van der Waals surface area contributed by atoms with Crippen molar-refractivity contribution in [3.63, 3.8) is 0 Å². The number of hydrogen-bond acceptors (Lipinski definition) is 8. The molecule has 2 unspecified atom stereocenters. The van der Waals surface area contributed by atoms with Crippen LogP contribution in [0.5, 0.6) is 0 Å². The zero-order valence-electron chi connectivity index (χ0n) is 29.0. The molecular weight excluding hydrogens is 680 g/mol. The Morgan fingerprint density at radius 3 is 2.24 bits per heavy atom. The van der Waals surface area contributed by atoms with Crippen molar-refractivity contribution in [1.82, 2.24) is 20.3 Å². The number of alkyl carbamates (subject to hydrolysis) is 1. The summed E-state index contributed by atoms with van der Waals surface area (Å²) >= 11 is 0. The highest BCUT2D eigenvalue weighted by Gasteiger charge is 2.58. The number of anilines is 1. The maximum atomic E-state index is 13.7. The lowest BCUT2D eigenvalue weighted by atomic mass is 9.50. The van der Waals surface area contributed by atoms with Gasteiger partial charge in [0, 0.05) is 61.3 Å². The minimum atomic E-state index is -3.79. The Balaban J connectivity index is 0.852. The van der Waals surface area contributed by atoms with Crippen LogP contribution in [0.2, 0.25) is 0 Å². The number of halogens is 2. The van der Waals surface area contributed by atoms with Crippen LogP contribution in [0.15, 0.2) is 53.4 Å². The topological polar surface area (TPSA) is 129 Å². The van der Waals surface area contributed by atoms with E-state index >= 15 is 0 Å². The number of sulfonamides is 1. The van der Waals surface area contributed by atoms with E-state index in [0.717, 1.165) is 43.2 Å². The van der Waals surface area contributed by atoms with Gasteiger partial charge in [0.05, 0.1) is 24.7 Å². The number of amides is 2. The third kappa shape index (κ3) is 7.41. The molecule has 14 heteroatoms. The van der Waals surface area contributed by atoms with Gasteiger partial charge in [-0.2, -0.15) is 0 Å². The number of nitrogens with one attached hydrogen (secondary N) is 3. The second kappa shape index (κ2) is 13.9. The van der Waals surface area contributed by atoms with Crippen molar-refractivity contribution >= 4 is 38.5 Å². The number of fused-ring (bicyclic) bond motifs is 2. The van der Waals surface area contributed by atoms with Gasteiger partial charge in [-0.15, -0.1) is 0 Å². The van der Waals surface area contributed by atoms with Crippen LogP contribution < -0.4 is 20.3 Å². The molecule has 1 heterocycles. The average Bonchev–Trinajstić information content (AvgIpc) is 3.48. The predicted molar refractivity (Wildman–Crippen MR) is 188 cm³/mol. The van der Waals surface area contributed by atoms with Crippen LogP contribution in [0.4, 0.5) is 19.3 Å². The largest absolute Gasteiger partial charge is 0.447 e. The van der Waals surface area contributed by atoms with Crippen LogP contribution in [0, 0.1) is 23.5 Å². The molecule has 0 radical (unpaired) electrons. The van der Waals surface area contributed by atoms with Crippen molar-refractivity contribution in [3.8, 4) is 0 Å². The number of benzene rings is 3. The summed E-state index contributed by atoms with van der Waals surface area (Å²) < 4.78 is 67.3. The Bertz CT molecular complexity index is 1900. The molecule has 3 aromatic carbocycles. The van der Waals surface area contributed by atoms with Crippen molar-refractivity contribution in [2.24, 2.45) is 11.8 Å². The standard InChI is InChI=1S/C37H45F2N5O6S/c1-43(2)32-7-3-6-29-28(32)5-4-8-33(29)51(47,48)41-9-10-49-11-12-50-35(46)42-37-18-24-13-25(19-37)17-36(16-24,23-37)40-20-34(45)44-21-26-14-30(38)31(39)15-27(26)22-44/h3-8,14-15,24-25,40-41H,9-13,16-23H2,1-2H3,(H,42,46). The zero-order chi connectivity index (χ0) is 36.0. The molecule has 4 saturated carbocycles. The maximum Gasteiger partial charge on any atom is 0.407 e. The molecule has 3 N–H and O–H groups in total. The highest BCUT2D eigenvalue weighted by atomic mass is 32.2. The van der Waals surface area contributed by atoms with E-state index in [9.17, 15) is 26.8 Å². The Kier molecular flexibility index (Phi) is 9.72. The summed E-state index contributed by atoms with van der Waals surface area (Å²) in [7, 11) is 0.0353. The minimum absolute atomic E-state index is 0.0159. The third-order valence-corrected chi connectivity index (χ3v) is 12.5. The fraction of sp³-hybridized carbons (Fsp3) is 0.514. The fourth-order valence-corrected chi connectivity index (χ4v) is 10.6. The molecule has 8 rings (SSSR count). The molecule has 4 fully saturated rings. The molecule has 3 aromatic rings. The lowest BCUT2D eigenvalue weighted by molar-refractivity contribution is -0.132. The van der Waals surface area contributed by atoms with Crippen LogP contribution in [-0.2, 0) is 37.4 Å². The Labute approximate surface area is 297 Å². The average molecular weight is 726 g/mol. The van der Waals surface area contributed by atoms with Crippen LogP contribution >= 0.6 is 0 Å². The molecule has 0 spiro atoms. The van der Waals surface area contributed by atoms with E-state index in [0.29, 0.717) is 34.8 Å². The Morgan fingerprint density at radius 2 is 1.55 bits per heavy atom. The first-order valence-electron chi connectivity index (χ1n) is 17.6. The summed E-state index contributed by atoms with van der Waals surface area (Å²) in [6, 6.07) is 13.1. The van der Waals surface area contributed by atoms with Crippen molar-refractivity contribution in [2.45, 2.75) is 67.6 Å². The number of carbonyl (C=O) groups is 2. The molecule has 4 aliphatic carbocycles. The molecule has 2 atom stereocenters. The van der Waals surface area contributed by atoms with Gasteiger partial charge in [0.25, 0.3) is 0 Å². The molecule has 4 bridgehead atoms. The van der Waals surface area contributed by atoms with Crippen LogP contribution in [0.1, 0.15) is 49.7 Å². The first-order valence-corrected chi connectivity index (χ1v) is 19.0. The van der Waals surface area contributed by atoms with E-state index in [2.05, 4.69) is 15.4 Å². The van der Waals surface area contributed by atoms with E-state index in [1.54, 1.807) is 23.1 Å². The van der Waals surface area contributed by atoms with Crippen molar-refractivity contribution < 1.29 is 36.3 Å². The summed E-state index contributed by atoms with van der Waals surface area (Å²) in [5.74, 6) is -1.09. The van der Waals surface area contributed by atoms with Gasteiger partial charge in [0.2, 0.25) is 15.9 Å². The Morgan fingerprint density at radius 1 is 0.902 bits per heavy atom. The molecule has 2 amide bonds. The summed E-state index contributed by atoms with van der Waals surface area (Å²) in [5.41, 5.74) is 1.47. The summed E-state index contributed by atoms with van der Waals surface area (Å²) in [4.78, 5) is 29.9. The molecule has 0 saturated heterocycles. The maximum absolute atomic E-state index is 13.7. The van der Waals surface area contributed by atoms with Gasteiger partial charge in [-0.1, -0.05) is 24.3 Å². The van der Waals surface area contributed by atoms with Crippen LogP contribution in [0.3, 0.4) is 0 Å². The van der Waals surface area contributed by atoms with Gasteiger partial charge in [-0.05, 0) is 85.8 Å². The molecule has 51 heavy (non-hydrogen) atoms. The number of rotatable bonds is 13. The molecule has 0 aromatic heterocycles. The van der Waals surface area contributed by atoms with Gasteiger partial charge in [0.15, 0.2) is 11.6 Å². The van der Waals surface area contributed by atoms with Gasteiger partial charge < -0.3 is 29.9 Å². The van der Waals surface area contributed by atoms with Gasteiger partial charge in [-0.3, -0.25) is 4.79 Å². The second-order valence-corrected chi connectivity index (χ2v) is 16.7. The highest BCUT2D eigenvalue weighted by Crippen LogP contribution is 2.57. The van der Waals surface area contributed by atoms with Gasteiger partial charge >= 0.3 is 6.09 Å². The van der Waals surface area contributed by atoms with E-state index in [4.69, 9.17) is 9.47 Å². The van der Waals surface area contributed by atoms with Crippen LogP contribution in [-0.4, -0.2) is 83.4 Å². The lowest BCUT2D eigenvalue weighted by Crippen LogP contribution is -2.69. The van der Waals surface area contributed by atoms with Gasteiger partial charge in [0.1, 0.15) is 6.61 Å². The van der Waals surface area contributed by atoms with Crippen molar-refractivity contribution in [2.75, 3.05) is 51.9 Å². The van der Waals surface area contributed by atoms with Crippen molar-refractivity contribution in [3.05, 3.63) is 71.3 Å². The third-order valence-electron chi connectivity index (χ3n) is 11.0. The van der Waals surface area contributed by atoms with E-state index in [1.807, 2.05) is 37.2 Å². The zero-order valence-corrected chi connectivity index (χ0v) is 29.8. The quantitative estimate of drug-likeness (QED) is 0.221. The van der Waals surface area contributed by atoms with Gasteiger partial charge in [-0.25, -0.2) is 26.7 Å². The molecular formula is C37H45F2N5O6S. The summed E-state index contributed by atoms with van der Waals surface area (Å²) in [6.45, 7) is 0.921. The summed E-state index contributed by atoms with van der Waals surface area (Å²) in [6.07, 6.45) is 4.85. The molecule has 1 aliphatic heterocycles. The first kappa shape index (κ1) is 35.5. The molecule has 11 nitrogen and oxygen atoms in total.